The summed E-state index contributed by atoms with van der Waals surface area (Å²) in [7, 11) is 0. The number of hydrogen-bond acceptors (Lipinski definition) is 4. The SMILES string of the molecule is Nc1ccc2[nH]cc(C3=Nc4c(c5cccnc5c5ncccc45)C3)c2c1. The minimum atomic E-state index is 0.753. The molecule has 3 aromatic heterocycles. The minimum Gasteiger partial charge on any atom is -0.399 e. The molecule has 6 rings (SSSR count). The Bertz CT molecular complexity index is 1410. The minimum absolute atomic E-state index is 0.753. The highest BCUT2D eigenvalue weighted by Crippen LogP contribution is 2.41. The fraction of sp³-hybridized carbons (Fsp3) is 0.0455. The van der Waals surface area contributed by atoms with E-state index in [-0.39, 0.29) is 0 Å². The van der Waals surface area contributed by atoms with Crippen molar-refractivity contribution in [2.75, 3.05) is 5.73 Å². The van der Waals surface area contributed by atoms with Gasteiger partial charge in [-0.1, -0.05) is 6.07 Å². The first-order chi connectivity index (χ1) is 13.3. The standard InChI is InChI=1S/C22H15N5/c23-12-5-6-18-15(9-12)17(11-26-18)19-10-16-13-3-1-7-24-21(13)22-14(20(16)27-19)4-2-8-25-22/h1-9,11,26H,10,23H2. The van der Waals surface area contributed by atoms with Crippen LogP contribution < -0.4 is 5.73 Å². The molecular formula is C22H15N5. The van der Waals surface area contributed by atoms with E-state index in [1.807, 2.05) is 48.9 Å². The number of nitrogens with zero attached hydrogens (tertiary/aromatic N) is 3. The first-order valence-electron chi connectivity index (χ1n) is 8.88. The van der Waals surface area contributed by atoms with Gasteiger partial charge in [0.25, 0.3) is 0 Å². The van der Waals surface area contributed by atoms with Crippen LogP contribution in [-0.2, 0) is 6.42 Å². The second-order valence-corrected chi connectivity index (χ2v) is 6.87. The van der Waals surface area contributed by atoms with Gasteiger partial charge >= 0.3 is 0 Å². The fourth-order valence-corrected chi connectivity index (χ4v) is 4.09. The first kappa shape index (κ1) is 14.4. The van der Waals surface area contributed by atoms with Gasteiger partial charge in [0.1, 0.15) is 0 Å². The van der Waals surface area contributed by atoms with Gasteiger partial charge in [0, 0.05) is 57.9 Å². The van der Waals surface area contributed by atoms with Crippen molar-refractivity contribution in [3.8, 4) is 0 Å². The Morgan fingerprint density at radius 3 is 2.52 bits per heavy atom. The Balaban J connectivity index is 1.65. The van der Waals surface area contributed by atoms with Gasteiger partial charge in [-0.25, -0.2) is 0 Å². The molecule has 0 spiro atoms. The molecule has 0 bridgehead atoms. The molecule has 3 N–H and O–H groups in total. The average Bonchev–Trinajstić information content (AvgIpc) is 3.32. The number of rotatable bonds is 1. The van der Waals surface area contributed by atoms with E-state index < -0.39 is 0 Å². The molecular weight excluding hydrogens is 334 g/mol. The lowest BCUT2D eigenvalue weighted by Crippen LogP contribution is -2.00. The summed E-state index contributed by atoms with van der Waals surface area (Å²) in [4.78, 5) is 17.6. The van der Waals surface area contributed by atoms with Gasteiger partial charge in [-0.3, -0.25) is 15.0 Å². The summed E-state index contributed by atoms with van der Waals surface area (Å²) in [6.45, 7) is 0. The predicted octanol–water partition coefficient (Wildman–Crippen LogP) is 4.52. The summed E-state index contributed by atoms with van der Waals surface area (Å²) < 4.78 is 0. The molecule has 0 unspecified atom stereocenters. The summed E-state index contributed by atoms with van der Waals surface area (Å²) in [6, 6.07) is 14.0. The third-order valence-electron chi connectivity index (χ3n) is 5.31. The third-order valence-corrected chi connectivity index (χ3v) is 5.31. The van der Waals surface area contributed by atoms with Gasteiger partial charge in [-0.05, 0) is 42.0 Å². The molecule has 0 amide bonds. The molecule has 1 aliphatic rings. The number of anilines is 1. The number of aliphatic imine (C=N–C) groups is 1. The second-order valence-electron chi connectivity index (χ2n) is 6.87. The molecule has 128 valence electrons. The van der Waals surface area contributed by atoms with Crippen molar-refractivity contribution in [2.45, 2.75) is 6.42 Å². The van der Waals surface area contributed by atoms with Gasteiger partial charge in [-0.15, -0.1) is 0 Å². The van der Waals surface area contributed by atoms with E-state index in [0.29, 0.717) is 0 Å². The van der Waals surface area contributed by atoms with Crippen LogP contribution in [0.1, 0.15) is 11.1 Å². The molecule has 0 aliphatic carbocycles. The van der Waals surface area contributed by atoms with Crippen molar-refractivity contribution in [1.82, 2.24) is 15.0 Å². The molecule has 5 nitrogen and oxygen atoms in total. The zero-order valence-electron chi connectivity index (χ0n) is 14.4. The van der Waals surface area contributed by atoms with E-state index in [0.717, 1.165) is 61.8 Å². The highest BCUT2D eigenvalue weighted by atomic mass is 14.8. The maximum absolute atomic E-state index is 6.01. The predicted molar refractivity (Wildman–Crippen MR) is 110 cm³/mol. The van der Waals surface area contributed by atoms with Crippen LogP contribution >= 0.6 is 0 Å². The lowest BCUT2D eigenvalue weighted by Gasteiger charge is -2.08. The number of nitrogens with two attached hydrogens (primary N) is 1. The molecule has 0 saturated heterocycles. The van der Waals surface area contributed by atoms with Crippen molar-refractivity contribution >= 4 is 49.8 Å². The van der Waals surface area contributed by atoms with Crippen molar-refractivity contribution < 1.29 is 0 Å². The van der Waals surface area contributed by atoms with Crippen molar-refractivity contribution in [3.63, 3.8) is 0 Å². The van der Waals surface area contributed by atoms with Gasteiger partial charge in [0.15, 0.2) is 0 Å². The molecule has 0 atom stereocenters. The van der Waals surface area contributed by atoms with E-state index in [1.165, 1.54) is 5.56 Å². The van der Waals surface area contributed by atoms with Crippen molar-refractivity contribution in [3.05, 3.63) is 72.2 Å². The van der Waals surface area contributed by atoms with E-state index in [9.17, 15) is 0 Å². The number of pyridine rings is 2. The van der Waals surface area contributed by atoms with Crippen LogP contribution in [0.3, 0.4) is 0 Å². The highest BCUT2D eigenvalue weighted by Gasteiger charge is 2.24. The molecule has 0 fully saturated rings. The van der Waals surface area contributed by atoms with Crippen LogP contribution in [0, 0.1) is 0 Å². The number of aromatic amines is 1. The Labute approximate surface area is 154 Å². The Morgan fingerprint density at radius 2 is 1.67 bits per heavy atom. The number of benzene rings is 2. The zero-order chi connectivity index (χ0) is 18.0. The average molecular weight is 349 g/mol. The van der Waals surface area contributed by atoms with Crippen LogP contribution in [0.4, 0.5) is 11.4 Å². The first-order valence-corrected chi connectivity index (χ1v) is 8.88. The highest BCUT2D eigenvalue weighted by molar-refractivity contribution is 6.21. The number of H-pyrrole nitrogens is 1. The van der Waals surface area contributed by atoms with Gasteiger partial charge in [0.05, 0.1) is 22.4 Å². The van der Waals surface area contributed by atoms with Gasteiger partial charge in [-0.2, -0.15) is 0 Å². The van der Waals surface area contributed by atoms with Crippen LogP contribution in [-0.4, -0.2) is 20.7 Å². The van der Waals surface area contributed by atoms with Gasteiger partial charge < -0.3 is 10.7 Å². The fourth-order valence-electron chi connectivity index (χ4n) is 4.09. The Hall–Kier alpha value is -3.73. The Morgan fingerprint density at radius 1 is 0.889 bits per heavy atom. The number of nitrogen functional groups attached to an aromatic ring is 1. The molecule has 4 heterocycles. The van der Waals surface area contributed by atoms with Crippen LogP contribution in [0.2, 0.25) is 0 Å². The molecule has 5 aromatic rings. The number of aromatic nitrogens is 3. The molecule has 1 aliphatic heterocycles. The second kappa shape index (κ2) is 5.14. The van der Waals surface area contributed by atoms with E-state index in [4.69, 9.17) is 10.7 Å². The van der Waals surface area contributed by atoms with Crippen LogP contribution in [0.15, 0.2) is 66.0 Å². The molecule has 5 heteroatoms. The maximum Gasteiger partial charge on any atom is 0.0986 e. The van der Waals surface area contributed by atoms with Crippen LogP contribution in [0.25, 0.3) is 32.7 Å². The van der Waals surface area contributed by atoms with Crippen molar-refractivity contribution in [2.24, 2.45) is 4.99 Å². The summed E-state index contributed by atoms with van der Waals surface area (Å²) in [5.74, 6) is 0. The zero-order valence-corrected chi connectivity index (χ0v) is 14.4. The Kier molecular flexibility index (Phi) is 2.75. The quantitative estimate of drug-likeness (QED) is 0.345. The lowest BCUT2D eigenvalue weighted by molar-refractivity contribution is 1.35. The summed E-state index contributed by atoms with van der Waals surface area (Å²) >= 11 is 0. The molecule has 2 aromatic carbocycles. The number of fused-ring (bicyclic) bond motifs is 7. The summed E-state index contributed by atoms with van der Waals surface area (Å²) in [6.07, 6.45) is 6.42. The van der Waals surface area contributed by atoms with Crippen LogP contribution in [0.5, 0.6) is 0 Å². The van der Waals surface area contributed by atoms with E-state index >= 15 is 0 Å². The van der Waals surface area contributed by atoms with E-state index in [2.05, 4.69) is 27.1 Å². The third kappa shape index (κ3) is 1.96. The lowest BCUT2D eigenvalue weighted by atomic mass is 9.98. The normalized spacial score (nSPS) is 13.4. The molecule has 27 heavy (non-hydrogen) atoms. The summed E-state index contributed by atoms with van der Waals surface area (Å²) in [5, 5.41) is 3.27. The van der Waals surface area contributed by atoms with E-state index in [1.54, 1.807) is 0 Å². The maximum atomic E-state index is 6.01. The van der Waals surface area contributed by atoms with Crippen molar-refractivity contribution in [1.29, 1.82) is 0 Å². The number of hydrogen-bond donors (Lipinski definition) is 2. The van der Waals surface area contributed by atoms with Gasteiger partial charge in [0.2, 0.25) is 0 Å². The molecule has 0 saturated carbocycles. The molecule has 0 radical (unpaired) electrons. The summed E-state index contributed by atoms with van der Waals surface area (Å²) in [5.41, 5.74) is 14.0. The largest absolute Gasteiger partial charge is 0.399 e. The topological polar surface area (TPSA) is 80.0 Å². The number of nitrogens with one attached hydrogen (secondary N) is 1. The monoisotopic (exact) mass is 349 g/mol. The smallest absolute Gasteiger partial charge is 0.0986 e.